The van der Waals surface area contributed by atoms with Crippen molar-refractivity contribution in [3.05, 3.63) is 75.1 Å². The number of nitrogens with zero attached hydrogens (tertiary/aromatic N) is 3. The number of hydrogen-bond acceptors (Lipinski definition) is 7. The molecule has 1 fully saturated rings. The zero-order chi connectivity index (χ0) is 28.5. The average molecular weight is 552 g/mol. The van der Waals surface area contributed by atoms with Crippen molar-refractivity contribution in [1.82, 2.24) is 20.1 Å². The third kappa shape index (κ3) is 7.42. The Morgan fingerprint density at radius 2 is 1.95 bits per heavy atom. The lowest BCUT2D eigenvalue weighted by Gasteiger charge is -2.32. The number of pyridine rings is 1. The molecule has 2 amide bonds. The lowest BCUT2D eigenvalue weighted by molar-refractivity contribution is -0.201. The number of hydroxylamine groups is 1. The van der Waals surface area contributed by atoms with Crippen molar-refractivity contribution in [2.24, 2.45) is 5.92 Å². The zero-order valence-corrected chi connectivity index (χ0v) is 23.0. The molecule has 1 aliphatic heterocycles. The van der Waals surface area contributed by atoms with Gasteiger partial charge in [0, 0.05) is 25.6 Å². The summed E-state index contributed by atoms with van der Waals surface area (Å²) in [5.74, 6) is -0.963. The van der Waals surface area contributed by atoms with E-state index in [1.165, 1.54) is 12.3 Å². The van der Waals surface area contributed by atoms with E-state index in [2.05, 4.69) is 15.4 Å². The lowest BCUT2D eigenvalue weighted by atomic mass is 10.0. The van der Waals surface area contributed by atoms with E-state index in [9.17, 15) is 19.2 Å². The summed E-state index contributed by atoms with van der Waals surface area (Å²) < 4.78 is 6.29. The van der Waals surface area contributed by atoms with Crippen molar-refractivity contribution < 1.29 is 19.2 Å². The quantitative estimate of drug-likeness (QED) is 0.330. The Kier molecular flexibility index (Phi) is 10.2. The molecule has 1 saturated heterocycles. The molecule has 0 spiro atoms. The largest absolute Gasteiger partial charge is 0.350 e. The maximum absolute atomic E-state index is 13.7. The van der Waals surface area contributed by atoms with Crippen molar-refractivity contribution >= 4 is 22.8 Å². The molecule has 3 aromatic rings. The molecule has 0 saturated carbocycles. The van der Waals surface area contributed by atoms with Gasteiger partial charge in [0.15, 0.2) is 6.29 Å². The summed E-state index contributed by atoms with van der Waals surface area (Å²) in [7, 11) is 0. The Bertz CT molecular complexity index is 1400. The number of rotatable bonds is 12. The fraction of sp³-hybridized carbons (Fsp3) is 0.483. The molecule has 11 nitrogen and oxygen atoms in total. The second kappa shape index (κ2) is 14.0. The van der Waals surface area contributed by atoms with Crippen LogP contribution < -0.4 is 21.7 Å². The summed E-state index contributed by atoms with van der Waals surface area (Å²) in [5.41, 5.74) is 2.03. The topological polar surface area (TPSA) is 136 Å². The van der Waals surface area contributed by atoms with Crippen LogP contribution in [0.15, 0.2) is 58.3 Å². The van der Waals surface area contributed by atoms with Gasteiger partial charge in [-0.25, -0.2) is 25.1 Å². The van der Waals surface area contributed by atoms with Crippen molar-refractivity contribution in [1.29, 1.82) is 0 Å². The minimum Gasteiger partial charge on any atom is -0.350 e. The molecule has 214 valence electrons. The fourth-order valence-electron chi connectivity index (χ4n) is 4.69. The number of amides is 2. The monoisotopic (exact) mass is 551 g/mol. The number of fused-ring (bicyclic) bond motifs is 1. The maximum Gasteiger partial charge on any atom is 0.349 e. The van der Waals surface area contributed by atoms with Gasteiger partial charge in [0.2, 0.25) is 5.91 Å². The maximum atomic E-state index is 13.7. The SMILES string of the molecule is CC(C)CCC(=O)N([C@@H](CCCc1ccccc1)C(=O)NO[C@@H]1CCCCO1)n1c(=O)[nH]c2ncccc2c1=O. The molecule has 11 heteroatoms. The van der Waals surface area contributed by atoms with Crippen molar-refractivity contribution in [3.63, 3.8) is 0 Å². The average Bonchev–Trinajstić information content (AvgIpc) is 2.96. The van der Waals surface area contributed by atoms with Crippen LogP contribution in [0.4, 0.5) is 0 Å². The van der Waals surface area contributed by atoms with Gasteiger partial charge in [-0.15, -0.1) is 0 Å². The van der Waals surface area contributed by atoms with Gasteiger partial charge in [-0.2, -0.15) is 4.68 Å². The molecule has 3 heterocycles. The molecule has 2 aromatic heterocycles. The summed E-state index contributed by atoms with van der Waals surface area (Å²) >= 11 is 0. The molecular weight excluding hydrogens is 514 g/mol. The number of carbonyl (C=O) groups is 2. The smallest absolute Gasteiger partial charge is 0.349 e. The van der Waals surface area contributed by atoms with Gasteiger partial charge in [-0.05, 0) is 62.1 Å². The predicted octanol–water partition coefficient (Wildman–Crippen LogP) is 2.95. The first kappa shape index (κ1) is 29.2. The number of aromatic amines is 1. The Labute approximate surface area is 232 Å². The molecule has 1 aromatic carbocycles. The standard InChI is InChI=1S/C29H37N5O6/c1-20(2)16-17-24(35)33(34-28(37)22-13-9-18-30-26(22)31-29(34)38)23(14-8-12-21-10-4-3-5-11-21)27(36)32-40-25-15-6-7-19-39-25/h3-5,9-11,13,18,20,23,25H,6-8,12,14-17,19H2,1-2H3,(H,32,36)(H,30,31,38)/t23-,25+/m0/s1. The van der Waals surface area contributed by atoms with E-state index in [0.29, 0.717) is 32.3 Å². The Balaban J connectivity index is 1.70. The minimum atomic E-state index is -1.19. The second-order valence-corrected chi connectivity index (χ2v) is 10.4. The number of aryl methyl sites for hydroxylation is 1. The third-order valence-corrected chi connectivity index (χ3v) is 6.87. The molecule has 0 bridgehead atoms. The Hall–Kier alpha value is -3.83. The summed E-state index contributed by atoms with van der Waals surface area (Å²) in [6.45, 7) is 4.47. The van der Waals surface area contributed by atoms with Gasteiger partial charge in [-0.1, -0.05) is 44.2 Å². The van der Waals surface area contributed by atoms with Gasteiger partial charge < -0.3 is 4.74 Å². The van der Waals surface area contributed by atoms with Crippen molar-refractivity contribution in [2.45, 2.75) is 77.5 Å². The van der Waals surface area contributed by atoms with E-state index in [0.717, 1.165) is 28.1 Å². The van der Waals surface area contributed by atoms with Crippen LogP contribution in [0, 0.1) is 5.92 Å². The molecular formula is C29H37N5O6. The molecule has 0 unspecified atom stereocenters. The van der Waals surface area contributed by atoms with E-state index < -0.39 is 35.4 Å². The van der Waals surface area contributed by atoms with Crippen LogP contribution in [0.25, 0.3) is 11.0 Å². The second-order valence-electron chi connectivity index (χ2n) is 10.4. The molecule has 1 aliphatic rings. The van der Waals surface area contributed by atoms with Crippen molar-refractivity contribution in [3.8, 4) is 0 Å². The van der Waals surface area contributed by atoms with E-state index in [-0.39, 0.29) is 29.8 Å². The summed E-state index contributed by atoms with van der Waals surface area (Å²) in [5, 5.41) is 1.13. The number of aromatic nitrogens is 3. The van der Waals surface area contributed by atoms with E-state index in [1.54, 1.807) is 6.07 Å². The summed E-state index contributed by atoms with van der Waals surface area (Å²) in [6, 6.07) is 11.6. The normalized spacial score (nSPS) is 16.1. The van der Waals surface area contributed by atoms with Gasteiger partial charge in [0.1, 0.15) is 11.7 Å². The summed E-state index contributed by atoms with van der Waals surface area (Å²) in [6.07, 6.45) is 5.17. The third-order valence-electron chi connectivity index (χ3n) is 6.87. The van der Waals surface area contributed by atoms with Crippen molar-refractivity contribution in [2.75, 3.05) is 11.6 Å². The first-order valence-electron chi connectivity index (χ1n) is 13.9. The zero-order valence-electron chi connectivity index (χ0n) is 23.0. The number of H-pyrrole nitrogens is 1. The molecule has 2 N–H and O–H groups in total. The highest BCUT2D eigenvalue weighted by Crippen LogP contribution is 2.16. The van der Waals surface area contributed by atoms with E-state index >= 15 is 0 Å². The number of hydrogen-bond donors (Lipinski definition) is 2. The predicted molar refractivity (Wildman–Crippen MR) is 150 cm³/mol. The van der Waals surface area contributed by atoms with E-state index in [4.69, 9.17) is 9.57 Å². The molecule has 2 atom stereocenters. The van der Waals surface area contributed by atoms with Crippen LogP contribution in [0.5, 0.6) is 0 Å². The minimum absolute atomic E-state index is 0.0453. The van der Waals surface area contributed by atoms with Crippen LogP contribution in [0.1, 0.15) is 64.4 Å². The van der Waals surface area contributed by atoms with Gasteiger partial charge >= 0.3 is 5.69 Å². The van der Waals surface area contributed by atoms with Crippen LogP contribution >= 0.6 is 0 Å². The fourth-order valence-corrected chi connectivity index (χ4v) is 4.69. The first-order valence-corrected chi connectivity index (χ1v) is 13.9. The van der Waals surface area contributed by atoms with E-state index in [1.807, 2.05) is 44.2 Å². The van der Waals surface area contributed by atoms with Crippen LogP contribution in [-0.2, 0) is 25.6 Å². The van der Waals surface area contributed by atoms with Gasteiger partial charge in [0.05, 0.1) is 5.39 Å². The van der Waals surface area contributed by atoms with Crippen LogP contribution in [0.3, 0.4) is 0 Å². The highest BCUT2D eigenvalue weighted by molar-refractivity contribution is 5.95. The highest BCUT2D eigenvalue weighted by atomic mass is 16.8. The number of carbonyl (C=O) groups excluding carboxylic acids is 2. The van der Waals surface area contributed by atoms with Crippen LogP contribution in [-0.4, -0.2) is 45.4 Å². The summed E-state index contributed by atoms with van der Waals surface area (Å²) in [4.78, 5) is 66.4. The Morgan fingerprint density at radius 3 is 2.67 bits per heavy atom. The van der Waals surface area contributed by atoms with Crippen LogP contribution in [0.2, 0.25) is 0 Å². The number of nitrogens with one attached hydrogen (secondary N) is 2. The molecule has 0 radical (unpaired) electrons. The van der Waals surface area contributed by atoms with Gasteiger partial charge in [0.25, 0.3) is 11.5 Å². The highest BCUT2D eigenvalue weighted by Gasteiger charge is 2.34. The number of ether oxygens (including phenoxy) is 1. The lowest BCUT2D eigenvalue weighted by Crippen LogP contribution is -2.62. The molecule has 40 heavy (non-hydrogen) atoms. The van der Waals surface area contributed by atoms with Gasteiger partial charge in [-0.3, -0.25) is 19.4 Å². The Morgan fingerprint density at radius 1 is 1.15 bits per heavy atom. The first-order chi connectivity index (χ1) is 19.3. The molecule has 0 aliphatic carbocycles. The molecule has 4 rings (SSSR count). The number of benzene rings is 1.